The molecule has 1 N–H and O–H groups in total. The van der Waals surface area contributed by atoms with E-state index in [0.29, 0.717) is 18.7 Å². The summed E-state index contributed by atoms with van der Waals surface area (Å²) < 4.78 is 31.4. The lowest BCUT2D eigenvalue weighted by atomic mass is 9.92. The highest BCUT2D eigenvalue weighted by Crippen LogP contribution is 2.29. The Morgan fingerprint density at radius 1 is 1.26 bits per heavy atom. The summed E-state index contributed by atoms with van der Waals surface area (Å²) in [6.45, 7) is 8.03. The number of nitrogens with zero attached hydrogens (tertiary/aromatic N) is 1. The normalized spacial score (nSPS) is 12.3. The van der Waals surface area contributed by atoms with Gasteiger partial charge in [-0.05, 0) is 30.5 Å². The van der Waals surface area contributed by atoms with Crippen LogP contribution in [0.25, 0.3) is 0 Å². The van der Waals surface area contributed by atoms with Gasteiger partial charge in [0.15, 0.2) is 0 Å². The first-order chi connectivity index (χ1) is 10.5. The van der Waals surface area contributed by atoms with Gasteiger partial charge in [-0.2, -0.15) is 0 Å². The Morgan fingerprint density at radius 3 is 2.35 bits per heavy atom. The first kappa shape index (κ1) is 19.4. The molecule has 0 heterocycles. The number of carbonyl (C=O) groups is 1. The van der Waals surface area contributed by atoms with E-state index in [9.17, 15) is 13.2 Å². The maximum Gasteiger partial charge on any atom is 0.246 e. The lowest BCUT2D eigenvalue weighted by Gasteiger charge is -2.19. The number of amides is 1. The summed E-state index contributed by atoms with van der Waals surface area (Å²) in [4.78, 5) is 12.1. The minimum atomic E-state index is -3.67. The van der Waals surface area contributed by atoms with Gasteiger partial charge in [-0.15, -0.1) is 0 Å². The molecule has 0 unspecified atom stereocenters. The van der Waals surface area contributed by atoms with Crippen LogP contribution in [-0.4, -0.2) is 39.3 Å². The zero-order valence-electron chi connectivity index (χ0n) is 14.6. The lowest BCUT2D eigenvalue weighted by molar-refractivity contribution is -0.117. The summed E-state index contributed by atoms with van der Waals surface area (Å²) in [6.07, 6.45) is 0.343. The second-order valence-corrected chi connectivity index (χ2v) is 8.79. The van der Waals surface area contributed by atoms with Crippen molar-refractivity contribution in [2.45, 2.75) is 39.0 Å². The van der Waals surface area contributed by atoms with Crippen LogP contribution in [0.4, 0.5) is 5.69 Å². The van der Waals surface area contributed by atoms with Crippen LogP contribution in [0.5, 0.6) is 5.75 Å². The van der Waals surface area contributed by atoms with Gasteiger partial charge in [-0.25, -0.2) is 12.7 Å². The van der Waals surface area contributed by atoms with Crippen molar-refractivity contribution in [3.05, 3.63) is 18.2 Å². The number of ether oxygens (including phenoxy) is 1. The summed E-state index contributed by atoms with van der Waals surface area (Å²) in [7, 11) is -0.758. The van der Waals surface area contributed by atoms with Crippen LogP contribution in [0.3, 0.4) is 0 Å². The summed E-state index contributed by atoms with van der Waals surface area (Å²) in [5.41, 5.74) is 0.288. The van der Waals surface area contributed by atoms with Crippen LogP contribution in [0.1, 0.15) is 34.1 Å². The van der Waals surface area contributed by atoms with Crippen molar-refractivity contribution in [3.8, 4) is 5.75 Å². The van der Waals surface area contributed by atoms with E-state index in [-0.39, 0.29) is 22.0 Å². The molecule has 1 aromatic carbocycles. The van der Waals surface area contributed by atoms with Gasteiger partial charge < -0.3 is 10.1 Å². The summed E-state index contributed by atoms with van der Waals surface area (Å²) in [6, 6.07) is 4.63. The molecule has 0 saturated carbocycles. The molecule has 1 amide bonds. The van der Waals surface area contributed by atoms with Gasteiger partial charge in [0.25, 0.3) is 0 Å². The number of carbonyl (C=O) groups excluding carboxylic acids is 1. The molecule has 0 aliphatic heterocycles. The molecular formula is C16H26N2O4S. The number of sulfonamides is 1. The standard InChI is InChI=1S/C16H26N2O4S/c1-7-22-13-9-8-12(17-15(19)11-16(2,3)4)10-14(13)23(20,21)18(5)6/h8-10H,7,11H2,1-6H3,(H,17,19). The number of benzene rings is 1. The monoisotopic (exact) mass is 342 g/mol. The third kappa shape index (κ3) is 5.51. The molecule has 0 radical (unpaired) electrons. The number of nitrogens with one attached hydrogen (secondary N) is 1. The van der Waals surface area contributed by atoms with E-state index in [1.807, 2.05) is 20.8 Å². The van der Waals surface area contributed by atoms with Gasteiger partial charge in [0.05, 0.1) is 6.61 Å². The Hall–Kier alpha value is -1.60. The molecule has 6 nitrogen and oxygen atoms in total. The average molecular weight is 342 g/mol. The maximum atomic E-state index is 12.4. The second kappa shape index (κ2) is 7.31. The van der Waals surface area contributed by atoms with E-state index >= 15 is 0 Å². The third-order valence-corrected chi connectivity index (χ3v) is 4.81. The van der Waals surface area contributed by atoms with Crippen molar-refractivity contribution in [3.63, 3.8) is 0 Å². The van der Waals surface area contributed by atoms with Crippen molar-refractivity contribution in [1.29, 1.82) is 0 Å². The van der Waals surface area contributed by atoms with Crippen molar-refractivity contribution < 1.29 is 17.9 Å². The Balaban J connectivity index is 3.17. The highest BCUT2D eigenvalue weighted by molar-refractivity contribution is 7.89. The van der Waals surface area contributed by atoms with Crippen molar-refractivity contribution in [2.75, 3.05) is 26.0 Å². The SMILES string of the molecule is CCOc1ccc(NC(=O)CC(C)(C)C)cc1S(=O)(=O)N(C)C. The highest BCUT2D eigenvalue weighted by Gasteiger charge is 2.23. The minimum absolute atomic E-state index is 0.0397. The van der Waals surface area contributed by atoms with Crippen LogP contribution >= 0.6 is 0 Å². The topological polar surface area (TPSA) is 75.7 Å². The molecule has 0 saturated heterocycles. The number of hydrogen-bond acceptors (Lipinski definition) is 4. The van der Waals surface area contributed by atoms with Crippen molar-refractivity contribution >= 4 is 21.6 Å². The van der Waals surface area contributed by atoms with Crippen LogP contribution in [0.2, 0.25) is 0 Å². The molecule has 0 fully saturated rings. The van der Waals surface area contributed by atoms with Gasteiger partial charge in [0, 0.05) is 26.2 Å². The van der Waals surface area contributed by atoms with Crippen molar-refractivity contribution in [1.82, 2.24) is 4.31 Å². The average Bonchev–Trinajstić information content (AvgIpc) is 2.38. The number of anilines is 1. The van der Waals surface area contributed by atoms with E-state index in [0.717, 1.165) is 4.31 Å². The smallest absolute Gasteiger partial charge is 0.246 e. The van der Waals surface area contributed by atoms with E-state index in [1.165, 1.54) is 20.2 Å². The van der Waals surface area contributed by atoms with Crippen LogP contribution in [0, 0.1) is 5.41 Å². The number of hydrogen-bond donors (Lipinski definition) is 1. The molecular weight excluding hydrogens is 316 g/mol. The van der Waals surface area contributed by atoms with Gasteiger partial charge in [-0.3, -0.25) is 4.79 Å². The molecule has 7 heteroatoms. The van der Waals surface area contributed by atoms with Crippen molar-refractivity contribution in [2.24, 2.45) is 5.41 Å². The van der Waals surface area contributed by atoms with E-state index in [2.05, 4.69) is 5.32 Å². The van der Waals surface area contributed by atoms with E-state index in [1.54, 1.807) is 19.1 Å². The maximum absolute atomic E-state index is 12.4. The lowest BCUT2D eigenvalue weighted by Crippen LogP contribution is -2.23. The molecule has 1 rings (SSSR count). The first-order valence-corrected chi connectivity index (χ1v) is 8.90. The summed E-state index contributed by atoms with van der Waals surface area (Å²) in [5.74, 6) is 0.116. The predicted molar refractivity (Wildman–Crippen MR) is 91.2 cm³/mol. The van der Waals surface area contributed by atoms with E-state index in [4.69, 9.17) is 4.74 Å². The summed E-state index contributed by atoms with van der Waals surface area (Å²) >= 11 is 0. The summed E-state index contributed by atoms with van der Waals surface area (Å²) in [5, 5.41) is 2.74. The van der Waals surface area contributed by atoms with Gasteiger partial charge in [0.1, 0.15) is 10.6 Å². The van der Waals surface area contributed by atoms with Crippen LogP contribution in [-0.2, 0) is 14.8 Å². The fraction of sp³-hybridized carbons (Fsp3) is 0.562. The van der Waals surface area contributed by atoms with Gasteiger partial charge in [0.2, 0.25) is 15.9 Å². The Labute approximate surface area is 138 Å². The Morgan fingerprint density at radius 2 is 1.87 bits per heavy atom. The molecule has 0 aliphatic carbocycles. The highest BCUT2D eigenvalue weighted by atomic mass is 32.2. The van der Waals surface area contributed by atoms with Gasteiger partial charge in [-0.1, -0.05) is 20.8 Å². The molecule has 0 spiro atoms. The number of rotatable bonds is 6. The molecule has 0 atom stereocenters. The quantitative estimate of drug-likeness (QED) is 0.862. The predicted octanol–water partition coefficient (Wildman–Crippen LogP) is 2.71. The largest absolute Gasteiger partial charge is 0.492 e. The third-order valence-electron chi connectivity index (χ3n) is 2.98. The van der Waals surface area contributed by atoms with Crippen LogP contribution in [0.15, 0.2) is 23.1 Å². The zero-order valence-corrected chi connectivity index (χ0v) is 15.5. The fourth-order valence-electron chi connectivity index (χ4n) is 1.95. The minimum Gasteiger partial charge on any atom is -0.492 e. The van der Waals surface area contributed by atoms with E-state index < -0.39 is 10.0 Å². The Bertz CT molecular complexity index is 661. The molecule has 0 aromatic heterocycles. The molecule has 0 aliphatic rings. The Kier molecular flexibility index (Phi) is 6.18. The van der Waals surface area contributed by atoms with Crippen LogP contribution < -0.4 is 10.1 Å². The fourth-order valence-corrected chi connectivity index (χ4v) is 3.00. The molecule has 23 heavy (non-hydrogen) atoms. The van der Waals surface area contributed by atoms with Gasteiger partial charge >= 0.3 is 0 Å². The molecule has 0 bridgehead atoms. The zero-order chi connectivity index (χ0) is 17.8. The first-order valence-electron chi connectivity index (χ1n) is 7.46. The molecule has 1 aromatic rings. The molecule has 130 valence electrons. The second-order valence-electron chi connectivity index (χ2n) is 6.67.